The Morgan fingerprint density at radius 1 is 1.56 bits per heavy atom. The van der Waals surface area contributed by atoms with Gasteiger partial charge in [0.1, 0.15) is 0 Å². The van der Waals surface area contributed by atoms with Crippen molar-refractivity contribution in [2.45, 2.75) is 25.8 Å². The van der Waals surface area contributed by atoms with Crippen LogP contribution in [0.5, 0.6) is 0 Å². The Labute approximate surface area is 115 Å². The van der Waals surface area contributed by atoms with E-state index < -0.39 is 5.97 Å². The number of rotatable bonds is 7. The topological polar surface area (TPSA) is 58.6 Å². The maximum absolute atomic E-state index is 11.1. The van der Waals surface area contributed by atoms with Gasteiger partial charge in [0.2, 0.25) is 0 Å². The van der Waals surface area contributed by atoms with Gasteiger partial charge in [-0.25, -0.2) is 4.79 Å². The molecule has 0 saturated carbocycles. The first-order valence-corrected chi connectivity index (χ1v) is 6.66. The van der Waals surface area contributed by atoms with Gasteiger partial charge in [0, 0.05) is 17.6 Å². The van der Waals surface area contributed by atoms with E-state index in [9.17, 15) is 4.79 Å². The fourth-order valence-corrected chi connectivity index (χ4v) is 2.15. The number of anilines is 1. The number of hydrogen-bond acceptors (Lipinski definition) is 3. The second kappa shape index (κ2) is 7.38. The smallest absolute Gasteiger partial charge is 0.337 e. The van der Waals surface area contributed by atoms with Gasteiger partial charge in [0.05, 0.1) is 17.9 Å². The molecule has 0 bridgehead atoms. The average Bonchev–Trinajstić information content (AvgIpc) is 2.29. The minimum Gasteiger partial charge on any atom is -0.478 e. The molecule has 0 aliphatic rings. The van der Waals surface area contributed by atoms with Crippen molar-refractivity contribution in [1.29, 1.82) is 0 Å². The molecule has 5 heteroatoms. The Balaban J connectivity index is 2.92. The van der Waals surface area contributed by atoms with Crippen molar-refractivity contribution in [3.05, 3.63) is 28.2 Å². The Kier molecular flexibility index (Phi) is 6.15. The molecule has 100 valence electrons. The summed E-state index contributed by atoms with van der Waals surface area (Å²) in [5, 5.41) is 12.4. The van der Waals surface area contributed by atoms with Crippen LogP contribution in [-0.4, -0.2) is 30.8 Å². The fraction of sp³-hybridized carbons (Fsp3) is 0.462. The summed E-state index contributed by atoms with van der Waals surface area (Å²) in [4.78, 5) is 11.1. The third-order valence-electron chi connectivity index (χ3n) is 2.58. The molecule has 1 aromatic carbocycles. The number of carboxylic acid groups (broad SMARTS) is 1. The van der Waals surface area contributed by atoms with Crippen molar-refractivity contribution >= 4 is 27.6 Å². The number of ether oxygens (including phenoxy) is 1. The van der Waals surface area contributed by atoms with Crippen LogP contribution in [0.2, 0.25) is 0 Å². The number of aromatic carboxylic acids is 1. The number of halogens is 1. The van der Waals surface area contributed by atoms with E-state index in [0.717, 1.165) is 17.3 Å². The molecule has 18 heavy (non-hydrogen) atoms. The number of hydrogen-bond donors (Lipinski definition) is 2. The standard InChI is InChI=1S/C13H18BrNO3/c1-3-4-10(8-18-2)15-12-7-9(14)5-6-11(12)13(16)17/h5-7,10,15H,3-4,8H2,1-2H3,(H,16,17). The van der Waals surface area contributed by atoms with Crippen molar-refractivity contribution in [2.75, 3.05) is 19.0 Å². The lowest BCUT2D eigenvalue weighted by molar-refractivity contribution is 0.0697. The van der Waals surface area contributed by atoms with Crippen molar-refractivity contribution < 1.29 is 14.6 Å². The Bertz CT molecular complexity index is 403. The molecule has 4 nitrogen and oxygen atoms in total. The predicted molar refractivity (Wildman–Crippen MR) is 75.3 cm³/mol. The molecule has 0 aliphatic heterocycles. The molecule has 0 saturated heterocycles. The first kappa shape index (κ1) is 15.0. The van der Waals surface area contributed by atoms with Gasteiger partial charge in [-0.3, -0.25) is 0 Å². The average molecular weight is 316 g/mol. The molecule has 0 heterocycles. The number of nitrogens with one attached hydrogen (secondary N) is 1. The van der Waals surface area contributed by atoms with Gasteiger partial charge in [-0.1, -0.05) is 29.3 Å². The summed E-state index contributed by atoms with van der Waals surface area (Å²) in [5.74, 6) is -0.933. The van der Waals surface area contributed by atoms with Crippen LogP contribution >= 0.6 is 15.9 Å². The maximum atomic E-state index is 11.1. The van der Waals surface area contributed by atoms with E-state index in [1.165, 1.54) is 0 Å². The minimum absolute atomic E-state index is 0.118. The van der Waals surface area contributed by atoms with Gasteiger partial charge >= 0.3 is 5.97 Å². The predicted octanol–water partition coefficient (Wildman–Crippen LogP) is 3.37. The van der Waals surface area contributed by atoms with E-state index in [1.54, 1.807) is 25.3 Å². The number of carboxylic acids is 1. The molecule has 0 aliphatic carbocycles. The molecular formula is C13H18BrNO3. The van der Waals surface area contributed by atoms with E-state index in [1.807, 2.05) is 0 Å². The molecule has 1 atom stereocenters. The third kappa shape index (κ3) is 4.31. The highest BCUT2D eigenvalue weighted by Crippen LogP contribution is 2.23. The van der Waals surface area contributed by atoms with E-state index >= 15 is 0 Å². The second-order valence-corrected chi connectivity index (χ2v) is 5.00. The molecule has 1 rings (SSSR count). The van der Waals surface area contributed by atoms with Gasteiger partial charge in [-0.15, -0.1) is 0 Å². The molecule has 0 radical (unpaired) electrons. The summed E-state index contributed by atoms with van der Waals surface area (Å²) in [7, 11) is 1.64. The van der Waals surface area contributed by atoms with Gasteiger partial charge in [-0.2, -0.15) is 0 Å². The largest absolute Gasteiger partial charge is 0.478 e. The van der Waals surface area contributed by atoms with E-state index in [4.69, 9.17) is 9.84 Å². The van der Waals surface area contributed by atoms with Gasteiger partial charge < -0.3 is 15.2 Å². The molecular weight excluding hydrogens is 298 g/mol. The normalized spacial score (nSPS) is 12.2. The van der Waals surface area contributed by atoms with Crippen LogP contribution in [0.15, 0.2) is 22.7 Å². The highest BCUT2D eigenvalue weighted by Gasteiger charge is 2.14. The molecule has 1 aromatic rings. The van der Waals surface area contributed by atoms with Crippen LogP contribution in [0.3, 0.4) is 0 Å². The zero-order valence-electron chi connectivity index (χ0n) is 10.6. The lowest BCUT2D eigenvalue weighted by Crippen LogP contribution is -2.25. The van der Waals surface area contributed by atoms with Crippen LogP contribution in [0.1, 0.15) is 30.1 Å². The Morgan fingerprint density at radius 3 is 2.83 bits per heavy atom. The SMILES string of the molecule is CCCC(COC)Nc1cc(Br)ccc1C(=O)O. The summed E-state index contributed by atoms with van der Waals surface area (Å²) < 4.78 is 5.99. The lowest BCUT2D eigenvalue weighted by atomic mass is 10.1. The summed E-state index contributed by atoms with van der Waals surface area (Å²) in [5.41, 5.74) is 0.891. The summed E-state index contributed by atoms with van der Waals surface area (Å²) in [6.45, 7) is 2.64. The van der Waals surface area contributed by atoms with E-state index in [2.05, 4.69) is 28.2 Å². The minimum atomic E-state index is -0.933. The van der Waals surface area contributed by atoms with Crippen LogP contribution in [-0.2, 0) is 4.74 Å². The monoisotopic (exact) mass is 315 g/mol. The molecule has 0 fully saturated rings. The molecule has 0 spiro atoms. The Morgan fingerprint density at radius 2 is 2.28 bits per heavy atom. The van der Waals surface area contributed by atoms with Crippen molar-refractivity contribution in [2.24, 2.45) is 0 Å². The van der Waals surface area contributed by atoms with Gasteiger partial charge in [-0.05, 0) is 24.6 Å². The first-order valence-electron chi connectivity index (χ1n) is 5.86. The molecule has 0 amide bonds. The molecule has 2 N–H and O–H groups in total. The molecule has 1 unspecified atom stereocenters. The van der Waals surface area contributed by atoms with Crippen molar-refractivity contribution in [3.8, 4) is 0 Å². The van der Waals surface area contributed by atoms with Gasteiger partial charge in [0.15, 0.2) is 0 Å². The quantitative estimate of drug-likeness (QED) is 0.810. The highest BCUT2D eigenvalue weighted by atomic mass is 79.9. The highest BCUT2D eigenvalue weighted by molar-refractivity contribution is 9.10. The number of methoxy groups -OCH3 is 1. The molecule has 0 aromatic heterocycles. The summed E-state index contributed by atoms with van der Waals surface area (Å²) in [6.07, 6.45) is 1.94. The van der Waals surface area contributed by atoms with Crippen LogP contribution < -0.4 is 5.32 Å². The van der Waals surface area contributed by atoms with Crippen molar-refractivity contribution in [3.63, 3.8) is 0 Å². The third-order valence-corrected chi connectivity index (χ3v) is 3.07. The zero-order valence-corrected chi connectivity index (χ0v) is 12.2. The number of benzene rings is 1. The van der Waals surface area contributed by atoms with Crippen LogP contribution in [0, 0.1) is 0 Å². The fourth-order valence-electron chi connectivity index (χ4n) is 1.79. The Hall–Kier alpha value is -1.07. The van der Waals surface area contributed by atoms with E-state index in [-0.39, 0.29) is 11.6 Å². The number of carbonyl (C=O) groups is 1. The first-order chi connectivity index (χ1) is 8.58. The van der Waals surface area contributed by atoms with Crippen LogP contribution in [0.25, 0.3) is 0 Å². The summed E-state index contributed by atoms with van der Waals surface area (Å²) in [6, 6.07) is 5.21. The summed E-state index contributed by atoms with van der Waals surface area (Å²) >= 11 is 3.35. The van der Waals surface area contributed by atoms with Crippen LogP contribution in [0.4, 0.5) is 5.69 Å². The van der Waals surface area contributed by atoms with E-state index in [0.29, 0.717) is 12.3 Å². The zero-order chi connectivity index (χ0) is 13.5. The van der Waals surface area contributed by atoms with Crippen molar-refractivity contribution in [1.82, 2.24) is 0 Å². The maximum Gasteiger partial charge on any atom is 0.337 e. The lowest BCUT2D eigenvalue weighted by Gasteiger charge is -2.20. The van der Waals surface area contributed by atoms with Gasteiger partial charge in [0.25, 0.3) is 0 Å². The second-order valence-electron chi connectivity index (χ2n) is 4.08.